The predicted molar refractivity (Wildman–Crippen MR) is 115 cm³/mol. The highest BCUT2D eigenvalue weighted by Gasteiger charge is 2.10. The number of hydrogen-bond donors (Lipinski definition) is 1. The number of carbonyl (C=O) groups excluding carboxylic acids is 1. The summed E-state index contributed by atoms with van der Waals surface area (Å²) < 4.78 is 3.15. The Labute approximate surface area is 165 Å². The Hall–Kier alpha value is -2.83. The predicted octanol–water partition coefficient (Wildman–Crippen LogP) is 4.32. The normalized spacial score (nSPS) is 11.9. The van der Waals surface area contributed by atoms with E-state index in [-0.39, 0.29) is 11.0 Å². The number of thiocarbonyl (C=S) groups is 1. The summed E-state index contributed by atoms with van der Waals surface area (Å²) >= 11 is 6.84. The number of amides is 1. The van der Waals surface area contributed by atoms with Crippen LogP contribution in [0.25, 0.3) is 21.0 Å². The van der Waals surface area contributed by atoms with Crippen molar-refractivity contribution in [3.05, 3.63) is 76.6 Å². The Balaban J connectivity index is 1.69. The fourth-order valence-corrected chi connectivity index (χ4v) is 4.29. The van der Waals surface area contributed by atoms with Crippen LogP contribution in [0.15, 0.2) is 65.7 Å². The van der Waals surface area contributed by atoms with E-state index in [2.05, 4.69) is 34.6 Å². The van der Waals surface area contributed by atoms with Crippen molar-refractivity contribution in [1.29, 1.82) is 0 Å². The first-order valence-electron chi connectivity index (χ1n) is 8.47. The Bertz CT molecular complexity index is 1250. The van der Waals surface area contributed by atoms with Crippen LogP contribution in [0, 0.1) is 6.92 Å². The molecule has 0 aliphatic carbocycles. The lowest BCUT2D eigenvalue weighted by Gasteiger charge is -2.03. The zero-order chi connectivity index (χ0) is 19.0. The van der Waals surface area contributed by atoms with Gasteiger partial charge in [0.15, 0.2) is 4.80 Å². The second-order valence-corrected chi connectivity index (χ2v) is 7.71. The van der Waals surface area contributed by atoms with Gasteiger partial charge < -0.3 is 4.57 Å². The molecule has 0 atom stereocenters. The molecule has 0 aliphatic rings. The largest absolute Gasteiger partial charge is 0.319 e. The number of rotatable bonds is 1. The van der Waals surface area contributed by atoms with Gasteiger partial charge in [0.1, 0.15) is 0 Å². The van der Waals surface area contributed by atoms with Crippen molar-refractivity contribution < 1.29 is 4.79 Å². The van der Waals surface area contributed by atoms with Crippen LogP contribution in [0.1, 0.15) is 15.9 Å². The van der Waals surface area contributed by atoms with Crippen LogP contribution in [0.3, 0.4) is 0 Å². The molecular weight excluding hydrogens is 374 g/mol. The number of thiazole rings is 1. The number of nitrogens with one attached hydrogen (secondary N) is 1. The summed E-state index contributed by atoms with van der Waals surface area (Å²) in [4.78, 5) is 17.5. The molecule has 0 bridgehead atoms. The van der Waals surface area contributed by atoms with Crippen LogP contribution in [-0.2, 0) is 7.05 Å². The Morgan fingerprint density at radius 2 is 1.81 bits per heavy atom. The molecule has 27 heavy (non-hydrogen) atoms. The third-order valence-corrected chi connectivity index (χ3v) is 5.71. The third-order valence-electron chi connectivity index (χ3n) is 4.42. The van der Waals surface area contributed by atoms with E-state index >= 15 is 0 Å². The zero-order valence-electron chi connectivity index (χ0n) is 14.9. The van der Waals surface area contributed by atoms with Gasteiger partial charge in [0.25, 0.3) is 5.91 Å². The van der Waals surface area contributed by atoms with Crippen LogP contribution in [0.4, 0.5) is 0 Å². The van der Waals surface area contributed by atoms with Crippen LogP contribution in [0.2, 0.25) is 0 Å². The number of hydrogen-bond acceptors (Lipinski definition) is 3. The van der Waals surface area contributed by atoms with Crippen LogP contribution >= 0.6 is 23.6 Å². The maximum Gasteiger partial charge on any atom is 0.257 e. The standard InChI is InChI=1S/C21H17N3OS2/c1-13-7-9-15(10-8-13)19(25)22-20(26)23-21-24(2)18-16-6-4-3-5-14(16)11-12-17(18)27-21/h3-12H,1-2H3,(H,22,25,26). The van der Waals surface area contributed by atoms with Crippen LogP contribution in [-0.4, -0.2) is 15.6 Å². The van der Waals surface area contributed by atoms with E-state index in [1.165, 1.54) is 10.8 Å². The molecule has 4 aromatic rings. The summed E-state index contributed by atoms with van der Waals surface area (Å²) in [6, 6.07) is 19.8. The molecule has 0 saturated carbocycles. The number of benzene rings is 3. The number of aryl methyl sites for hydroxylation is 2. The highest BCUT2D eigenvalue weighted by molar-refractivity contribution is 7.80. The smallest absolute Gasteiger partial charge is 0.257 e. The minimum atomic E-state index is -0.252. The molecule has 134 valence electrons. The minimum absolute atomic E-state index is 0.159. The monoisotopic (exact) mass is 391 g/mol. The van der Waals surface area contributed by atoms with Crippen molar-refractivity contribution in [2.75, 3.05) is 0 Å². The molecule has 0 unspecified atom stereocenters. The quantitative estimate of drug-likeness (QED) is 0.491. The number of carbonyl (C=O) groups is 1. The maximum absolute atomic E-state index is 12.3. The van der Waals surface area contributed by atoms with E-state index in [4.69, 9.17) is 12.2 Å². The van der Waals surface area contributed by atoms with Gasteiger partial charge in [-0.3, -0.25) is 10.1 Å². The first-order chi connectivity index (χ1) is 13.0. The average Bonchev–Trinajstić information content (AvgIpc) is 2.98. The lowest BCUT2D eigenvalue weighted by molar-refractivity contribution is 0.0977. The summed E-state index contributed by atoms with van der Waals surface area (Å²) in [5.74, 6) is -0.252. The van der Waals surface area contributed by atoms with Gasteiger partial charge in [0.2, 0.25) is 5.11 Å². The van der Waals surface area contributed by atoms with E-state index in [9.17, 15) is 4.79 Å². The first kappa shape index (κ1) is 17.6. The lowest BCUT2D eigenvalue weighted by atomic mass is 10.1. The summed E-state index contributed by atoms with van der Waals surface area (Å²) in [5, 5.41) is 5.20. The molecule has 0 radical (unpaired) electrons. The molecule has 0 aliphatic heterocycles. The molecule has 0 fully saturated rings. The van der Waals surface area contributed by atoms with Gasteiger partial charge in [0, 0.05) is 18.0 Å². The molecule has 3 aromatic carbocycles. The molecule has 4 rings (SSSR count). The first-order valence-corrected chi connectivity index (χ1v) is 9.69. The fourth-order valence-electron chi connectivity index (χ4n) is 3.01. The molecule has 1 aromatic heterocycles. The van der Waals surface area contributed by atoms with E-state index < -0.39 is 0 Å². The number of aromatic nitrogens is 1. The van der Waals surface area contributed by atoms with Gasteiger partial charge in [0.05, 0.1) is 10.2 Å². The van der Waals surface area contributed by atoms with Crippen LogP contribution < -0.4 is 10.1 Å². The third kappa shape index (κ3) is 3.41. The van der Waals surface area contributed by atoms with Crippen molar-refractivity contribution in [2.45, 2.75) is 6.92 Å². The zero-order valence-corrected chi connectivity index (χ0v) is 16.5. The second-order valence-electron chi connectivity index (χ2n) is 6.31. The van der Waals surface area contributed by atoms with Crippen molar-refractivity contribution in [3.8, 4) is 0 Å². The SMILES string of the molecule is Cc1ccc(C(=O)NC(=S)N=c2sc3ccc4ccccc4c3n2C)cc1. The minimum Gasteiger partial charge on any atom is -0.319 e. The molecular formula is C21H17N3OS2. The van der Waals surface area contributed by atoms with Gasteiger partial charge in [-0.2, -0.15) is 4.99 Å². The fraction of sp³-hybridized carbons (Fsp3) is 0.0952. The number of nitrogens with zero attached hydrogens (tertiary/aromatic N) is 2. The van der Waals surface area contributed by atoms with E-state index in [0.29, 0.717) is 5.56 Å². The highest BCUT2D eigenvalue weighted by atomic mass is 32.1. The number of fused-ring (bicyclic) bond motifs is 3. The summed E-state index contributed by atoms with van der Waals surface area (Å²) in [6.07, 6.45) is 0. The maximum atomic E-state index is 12.3. The van der Waals surface area contributed by atoms with Gasteiger partial charge >= 0.3 is 0 Å². The Morgan fingerprint density at radius 3 is 2.59 bits per heavy atom. The van der Waals surface area contributed by atoms with E-state index in [1.807, 2.05) is 42.8 Å². The molecule has 1 N–H and O–H groups in total. The summed E-state index contributed by atoms with van der Waals surface area (Å²) in [6.45, 7) is 1.98. The summed E-state index contributed by atoms with van der Waals surface area (Å²) in [5.41, 5.74) is 2.78. The van der Waals surface area contributed by atoms with E-state index in [0.717, 1.165) is 20.6 Å². The van der Waals surface area contributed by atoms with Crippen molar-refractivity contribution in [2.24, 2.45) is 12.0 Å². The molecule has 0 saturated heterocycles. The molecule has 4 nitrogen and oxygen atoms in total. The van der Waals surface area contributed by atoms with Gasteiger partial charge in [-0.25, -0.2) is 0 Å². The average molecular weight is 392 g/mol. The van der Waals surface area contributed by atoms with Gasteiger partial charge in [-0.1, -0.05) is 59.4 Å². The lowest BCUT2D eigenvalue weighted by Crippen LogP contribution is -2.29. The highest BCUT2D eigenvalue weighted by Crippen LogP contribution is 2.26. The van der Waals surface area contributed by atoms with Crippen LogP contribution in [0.5, 0.6) is 0 Å². The van der Waals surface area contributed by atoms with Crippen molar-refractivity contribution in [1.82, 2.24) is 9.88 Å². The van der Waals surface area contributed by atoms with Crippen molar-refractivity contribution in [3.63, 3.8) is 0 Å². The Morgan fingerprint density at radius 1 is 1.07 bits per heavy atom. The van der Waals surface area contributed by atoms with E-state index in [1.54, 1.807) is 23.5 Å². The van der Waals surface area contributed by atoms with Gasteiger partial charge in [-0.05, 0) is 42.7 Å². The second kappa shape index (κ2) is 7.06. The van der Waals surface area contributed by atoms with Crippen molar-refractivity contribution >= 4 is 55.6 Å². The molecule has 1 heterocycles. The van der Waals surface area contributed by atoms with Gasteiger partial charge in [-0.15, -0.1) is 0 Å². The Kier molecular flexibility index (Phi) is 4.59. The summed E-state index contributed by atoms with van der Waals surface area (Å²) in [7, 11) is 1.97. The molecule has 1 amide bonds. The molecule has 6 heteroatoms. The topological polar surface area (TPSA) is 46.4 Å². The molecule has 0 spiro atoms.